The molecule has 0 aliphatic carbocycles. The Morgan fingerprint density at radius 1 is 1.37 bits per heavy atom. The molecule has 0 fully saturated rings. The van der Waals surface area contributed by atoms with E-state index in [2.05, 4.69) is 6.58 Å². The van der Waals surface area contributed by atoms with Gasteiger partial charge in [-0.05, 0) is 42.7 Å². The van der Waals surface area contributed by atoms with Gasteiger partial charge in [-0.15, -0.1) is 0 Å². The zero-order valence-electron chi connectivity index (χ0n) is 11.2. The largest absolute Gasteiger partial charge is 0.458 e. The van der Waals surface area contributed by atoms with Gasteiger partial charge in [-0.25, -0.2) is 4.79 Å². The summed E-state index contributed by atoms with van der Waals surface area (Å²) in [7, 11) is 0. The second-order valence-corrected chi connectivity index (χ2v) is 4.80. The standard InChI is InChI=1S/C15H17NO3/c1-10(2)9-19-15(18)13-4-5-14-12(8-13)6-7-16(14)11(3)17/h4-5,8H,1,6-7,9H2,2-3H3. The van der Waals surface area contributed by atoms with E-state index in [9.17, 15) is 9.59 Å². The lowest BCUT2D eigenvalue weighted by molar-refractivity contribution is -0.116. The van der Waals surface area contributed by atoms with Gasteiger partial charge in [-0.1, -0.05) is 6.58 Å². The predicted molar refractivity (Wildman–Crippen MR) is 73.3 cm³/mol. The van der Waals surface area contributed by atoms with E-state index in [-0.39, 0.29) is 18.5 Å². The normalized spacial score (nSPS) is 13.1. The first kappa shape index (κ1) is 13.3. The van der Waals surface area contributed by atoms with Gasteiger partial charge in [-0.2, -0.15) is 0 Å². The molecule has 0 aromatic heterocycles. The summed E-state index contributed by atoms with van der Waals surface area (Å²) in [5.74, 6) is -0.330. The third kappa shape index (κ3) is 2.84. The summed E-state index contributed by atoms with van der Waals surface area (Å²) in [4.78, 5) is 25.0. The Morgan fingerprint density at radius 3 is 2.74 bits per heavy atom. The summed E-state index contributed by atoms with van der Waals surface area (Å²) in [6, 6.07) is 5.31. The Balaban J connectivity index is 2.16. The fourth-order valence-corrected chi connectivity index (χ4v) is 2.13. The predicted octanol–water partition coefficient (Wildman–Crippen LogP) is 2.33. The molecule has 1 heterocycles. The topological polar surface area (TPSA) is 46.6 Å². The monoisotopic (exact) mass is 259 g/mol. The van der Waals surface area contributed by atoms with Crippen molar-refractivity contribution in [3.8, 4) is 0 Å². The second kappa shape index (κ2) is 5.26. The molecule has 19 heavy (non-hydrogen) atoms. The maximum Gasteiger partial charge on any atom is 0.338 e. The lowest BCUT2D eigenvalue weighted by Gasteiger charge is -2.14. The number of fused-ring (bicyclic) bond motifs is 1. The number of anilines is 1. The van der Waals surface area contributed by atoms with Crippen LogP contribution in [0.15, 0.2) is 30.4 Å². The molecule has 0 bridgehead atoms. The number of amides is 1. The third-order valence-electron chi connectivity index (χ3n) is 3.04. The van der Waals surface area contributed by atoms with Crippen molar-refractivity contribution >= 4 is 17.6 Å². The molecular weight excluding hydrogens is 242 g/mol. The van der Waals surface area contributed by atoms with Gasteiger partial charge < -0.3 is 9.64 Å². The van der Waals surface area contributed by atoms with Crippen molar-refractivity contribution in [1.29, 1.82) is 0 Å². The van der Waals surface area contributed by atoms with Crippen molar-refractivity contribution < 1.29 is 14.3 Å². The summed E-state index contributed by atoms with van der Waals surface area (Å²) in [6.07, 6.45) is 0.774. The molecular formula is C15H17NO3. The molecule has 0 saturated carbocycles. The van der Waals surface area contributed by atoms with Crippen LogP contribution in [-0.2, 0) is 16.0 Å². The van der Waals surface area contributed by atoms with Crippen LogP contribution in [0.4, 0.5) is 5.69 Å². The molecule has 0 saturated heterocycles. The summed E-state index contributed by atoms with van der Waals surface area (Å²) in [5.41, 5.74) is 3.23. The Hall–Kier alpha value is -2.10. The van der Waals surface area contributed by atoms with Gasteiger partial charge in [0.05, 0.1) is 5.56 Å². The van der Waals surface area contributed by atoms with E-state index in [0.717, 1.165) is 23.2 Å². The highest BCUT2D eigenvalue weighted by molar-refractivity contribution is 5.96. The Bertz CT molecular complexity index is 548. The second-order valence-electron chi connectivity index (χ2n) is 4.80. The summed E-state index contributed by atoms with van der Waals surface area (Å²) >= 11 is 0. The molecule has 1 aromatic carbocycles. The van der Waals surface area contributed by atoms with Crippen molar-refractivity contribution in [3.05, 3.63) is 41.5 Å². The minimum absolute atomic E-state index is 0.0244. The van der Waals surface area contributed by atoms with E-state index in [1.807, 2.05) is 0 Å². The summed E-state index contributed by atoms with van der Waals surface area (Å²) < 4.78 is 5.10. The lowest BCUT2D eigenvalue weighted by Crippen LogP contribution is -2.25. The highest BCUT2D eigenvalue weighted by Gasteiger charge is 2.23. The summed E-state index contributed by atoms with van der Waals surface area (Å²) in [5, 5.41) is 0. The van der Waals surface area contributed by atoms with Crippen LogP contribution in [0.2, 0.25) is 0 Å². The maximum atomic E-state index is 11.8. The zero-order chi connectivity index (χ0) is 14.0. The van der Waals surface area contributed by atoms with Crippen LogP contribution in [0.3, 0.4) is 0 Å². The van der Waals surface area contributed by atoms with Crippen LogP contribution in [-0.4, -0.2) is 25.0 Å². The smallest absolute Gasteiger partial charge is 0.338 e. The average Bonchev–Trinajstić information content (AvgIpc) is 2.78. The molecule has 4 heteroatoms. The molecule has 2 rings (SSSR count). The molecule has 0 radical (unpaired) electrons. The van der Waals surface area contributed by atoms with Gasteiger partial charge >= 0.3 is 5.97 Å². The van der Waals surface area contributed by atoms with E-state index in [4.69, 9.17) is 4.74 Å². The number of rotatable bonds is 3. The Morgan fingerprint density at radius 2 is 2.11 bits per heavy atom. The first-order valence-corrected chi connectivity index (χ1v) is 6.21. The van der Waals surface area contributed by atoms with Crippen molar-refractivity contribution in [2.24, 2.45) is 0 Å². The third-order valence-corrected chi connectivity index (χ3v) is 3.04. The minimum Gasteiger partial charge on any atom is -0.458 e. The maximum absolute atomic E-state index is 11.8. The van der Waals surface area contributed by atoms with Gasteiger partial charge in [0.2, 0.25) is 5.91 Å². The van der Waals surface area contributed by atoms with E-state index in [0.29, 0.717) is 12.1 Å². The number of nitrogens with zero attached hydrogens (tertiary/aromatic N) is 1. The molecule has 0 atom stereocenters. The number of hydrogen-bond acceptors (Lipinski definition) is 3. The summed E-state index contributed by atoms with van der Waals surface area (Å²) in [6.45, 7) is 7.95. The van der Waals surface area contributed by atoms with Crippen molar-refractivity contribution in [2.75, 3.05) is 18.1 Å². The highest BCUT2D eigenvalue weighted by atomic mass is 16.5. The van der Waals surface area contributed by atoms with Crippen LogP contribution < -0.4 is 4.90 Å². The SMILES string of the molecule is C=C(C)COC(=O)c1ccc2c(c1)CCN2C(C)=O. The van der Waals surface area contributed by atoms with Crippen LogP contribution >= 0.6 is 0 Å². The molecule has 1 aromatic rings. The first-order valence-electron chi connectivity index (χ1n) is 6.21. The molecule has 0 unspecified atom stereocenters. The van der Waals surface area contributed by atoms with Gasteiger partial charge in [0.1, 0.15) is 6.61 Å². The van der Waals surface area contributed by atoms with E-state index in [1.54, 1.807) is 36.9 Å². The number of esters is 1. The van der Waals surface area contributed by atoms with Crippen LogP contribution in [0.1, 0.15) is 29.8 Å². The van der Waals surface area contributed by atoms with Crippen LogP contribution in [0.25, 0.3) is 0 Å². The highest BCUT2D eigenvalue weighted by Crippen LogP contribution is 2.29. The molecule has 0 spiro atoms. The van der Waals surface area contributed by atoms with Crippen molar-refractivity contribution in [2.45, 2.75) is 20.3 Å². The Kier molecular flexibility index (Phi) is 3.69. The Labute approximate surface area is 112 Å². The fourth-order valence-electron chi connectivity index (χ4n) is 2.13. The van der Waals surface area contributed by atoms with Gasteiger partial charge in [0, 0.05) is 19.2 Å². The quantitative estimate of drug-likeness (QED) is 0.618. The average molecular weight is 259 g/mol. The minimum atomic E-state index is -0.355. The van der Waals surface area contributed by atoms with Crippen molar-refractivity contribution in [1.82, 2.24) is 0 Å². The number of carbonyl (C=O) groups excluding carboxylic acids is 2. The molecule has 4 nitrogen and oxygen atoms in total. The van der Waals surface area contributed by atoms with Gasteiger partial charge in [0.25, 0.3) is 0 Å². The molecule has 100 valence electrons. The number of carbonyl (C=O) groups is 2. The number of hydrogen-bond donors (Lipinski definition) is 0. The fraction of sp³-hybridized carbons (Fsp3) is 0.333. The molecule has 1 aliphatic heterocycles. The molecule has 1 amide bonds. The number of ether oxygens (including phenoxy) is 1. The number of benzene rings is 1. The van der Waals surface area contributed by atoms with Crippen LogP contribution in [0.5, 0.6) is 0 Å². The zero-order valence-corrected chi connectivity index (χ0v) is 11.2. The van der Waals surface area contributed by atoms with E-state index in [1.165, 1.54) is 0 Å². The van der Waals surface area contributed by atoms with Gasteiger partial charge in [-0.3, -0.25) is 4.79 Å². The molecule has 1 aliphatic rings. The van der Waals surface area contributed by atoms with Gasteiger partial charge in [0.15, 0.2) is 0 Å². The van der Waals surface area contributed by atoms with Crippen molar-refractivity contribution in [3.63, 3.8) is 0 Å². The lowest BCUT2D eigenvalue weighted by atomic mass is 10.1. The van der Waals surface area contributed by atoms with E-state index < -0.39 is 0 Å². The first-order chi connectivity index (χ1) is 8.99. The van der Waals surface area contributed by atoms with Crippen LogP contribution in [0, 0.1) is 0 Å². The molecule has 0 N–H and O–H groups in total. The van der Waals surface area contributed by atoms with E-state index >= 15 is 0 Å².